The lowest BCUT2D eigenvalue weighted by atomic mass is 10.00. The van der Waals surface area contributed by atoms with Crippen molar-refractivity contribution in [3.63, 3.8) is 0 Å². The molecule has 1 unspecified atom stereocenters. The van der Waals surface area contributed by atoms with Gasteiger partial charge in [-0.3, -0.25) is 0 Å². The zero-order valence-electron chi connectivity index (χ0n) is 11.7. The molecule has 2 aliphatic heterocycles. The molecule has 1 atom stereocenters. The summed E-state index contributed by atoms with van der Waals surface area (Å²) in [6.45, 7) is 2.06. The Bertz CT molecular complexity index is 668. The molecule has 0 bridgehead atoms. The Morgan fingerprint density at radius 3 is 3.05 bits per heavy atom. The van der Waals surface area contributed by atoms with E-state index >= 15 is 0 Å². The highest BCUT2D eigenvalue weighted by Crippen LogP contribution is 2.40. The van der Waals surface area contributed by atoms with E-state index in [-0.39, 0.29) is 12.5 Å². The molecule has 3 heterocycles. The van der Waals surface area contributed by atoms with Gasteiger partial charge in [0.2, 0.25) is 0 Å². The number of aliphatic hydroxyl groups is 1. The van der Waals surface area contributed by atoms with Gasteiger partial charge in [-0.15, -0.1) is 10.2 Å². The van der Waals surface area contributed by atoms with Crippen molar-refractivity contribution >= 4 is 0 Å². The maximum absolute atomic E-state index is 9.41. The summed E-state index contributed by atoms with van der Waals surface area (Å²) >= 11 is 0. The molecule has 1 aromatic carbocycles. The minimum atomic E-state index is 0.198. The third kappa shape index (κ3) is 2.06. The highest BCUT2D eigenvalue weighted by atomic mass is 16.6. The minimum Gasteiger partial charge on any atom is -0.486 e. The molecule has 1 aromatic heterocycles. The van der Waals surface area contributed by atoms with Gasteiger partial charge in [0.15, 0.2) is 17.3 Å². The zero-order chi connectivity index (χ0) is 14.2. The van der Waals surface area contributed by atoms with Crippen molar-refractivity contribution in [3.05, 3.63) is 24.0 Å². The van der Waals surface area contributed by atoms with Crippen LogP contribution in [0.5, 0.6) is 11.5 Å². The zero-order valence-corrected chi connectivity index (χ0v) is 11.7. The maximum Gasteiger partial charge on any atom is 0.172 e. The fourth-order valence-electron chi connectivity index (χ4n) is 2.99. The molecular weight excluding hydrogens is 270 g/mol. The Balaban J connectivity index is 1.80. The van der Waals surface area contributed by atoms with Crippen LogP contribution in [0.3, 0.4) is 0 Å². The number of fused-ring (bicyclic) bond motifs is 2. The largest absolute Gasteiger partial charge is 0.486 e. The lowest BCUT2D eigenvalue weighted by Crippen LogP contribution is -2.23. The van der Waals surface area contributed by atoms with Crippen LogP contribution in [-0.4, -0.2) is 39.7 Å². The van der Waals surface area contributed by atoms with Crippen LogP contribution in [-0.2, 0) is 13.0 Å². The average Bonchev–Trinajstić information content (AvgIpc) is 2.97. The van der Waals surface area contributed by atoms with Gasteiger partial charge in [-0.2, -0.15) is 0 Å². The number of aliphatic hydroxyl groups excluding tert-OH is 1. The highest BCUT2D eigenvalue weighted by molar-refractivity contribution is 5.69. The van der Waals surface area contributed by atoms with Gasteiger partial charge in [0.05, 0.1) is 5.56 Å². The van der Waals surface area contributed by atoms with Crippen molar-refractivity contribution in [1.29, 1.82) is 0 Å². The van der Waals surface area contributed by atoms with Crippen LogP contribution in [0.2, 0.25) is 0 Å². The number of aromatic nitrogens is 3. The van der Waals surface area contributed by atoms with Crippen molar-refractivity contribution in [1.82, 2.24) is 14.8 Å². The van der Waals surface area contributed by atoms with E-state index in [4.69, 9.17) is 9.47 Å². The van der Waals surface area contributed by atoms with Crippen LogP contribution in [0, 0.1) is 5.92 Å². The van der Waals surface area contributed by atoms with E-state index in [0.717, 1.165) is 48.1 Å². The van der Waals surface area contributed by atoms with Crippen molar-refractivity contribution in [2.24, 2.45) is 5.92 Å². The number of nitrogens with zero attached hydrogens (tertiary/aromatic N) is 3. The van der Waals surface area contributed by atoms with E-state index < -0.39 is 0 Å². The van der Waals surface area contributed by atoms with E-state index in [2.05, 4.69) is 14.8 Å². The molecule has 0 spiro atoms. The summed E-state index contributed by atoms with van der Waals surface area (Å²) < 4.78 is 13.5. The van der Waals surface area contributed by atoms with Crippen molar-refractivity contribution in [2.75, 3.05) is 19.8 Å². The van der Waals surface area contributed by atoms with Crippen molar-refractivity contribution in [3.8, 4) is 22.9 Å². The normalized spacial score (nSPS) is 20.1. The minimum absolute atomic E-state index is 0.198. The van der Waals surface area contributed by atoms with Gasteiger partial charge in [0.1, 0.15) is 19.0 Å². The summed E-state index contributed by atoms with van der Waals surface area (Å²) in [7, 11) is 0. The van der Waals surface area contributed by atoms with Crippen LogP contribution in [0.4, 0.5) is 0 Å². The lowest BCUT2D eigenvalue weighted by molar-refractivity contribution is 0.172. The molecule has 6 nitrogen and oxygen atoms in total. The first-order valence-electron chi connectivity index (χ1n) is 7.28. The predicted octanol–water partition coefficient (Wildman–Crippen LogP) is 1.27. The van der Waals surface area contributed by atoms with Crippen LogP contribution in [0.1, 0.15) is 12.2 Å². The first kappa shape index (κ1) is 12.6. The van der Waals surface area contributed by atoms with Gasteiger partial charge in [-0.25, -0.2) is 0 Å². The molecule has 1 N–H and O–H groups in total. The average molecular weight is 287 g/mol. The first-order chi connectivity index (χ1) is 10.4. The monoisotopic (exact) mass is 287 g/mol. The molecule has 0 amide bonds. The molecule has 4 rings (SSSR count). The second kappa shape index (κ2) is 5.04. The molecule has 0 saturated carbocycles. The Hall–Kier alpha value is -2.08. The number of benzene rings is 1. The SMILES string of the molecule is OCC1CCc2nnc(-c3cccc4c3OCCO4)n2C1. The number of aryl methyl sites for hydroxylation is 1. The summed E-state index contributed by atoms with van der Waals surface area (Å²) in [4.78, 5) is 0. The Kier molecular flexibility index (Phi) is 3.03. The van der Waals surface area contributed by atoms with Gasteiger partial charge < -0.3 is 19.1 Å². The number of para-hydroxylation sites is 1. The second-order valence-corrected chi connectivity index (χ2v) is 5.47. The summed E-state index contributed by atoms with van der Waals surface area (Å²) in [5, 5.41) is 18.0. The summed E-state index contributed by atoms with van der Waals surface area (Å²) in [5.41, 5.74) is 0.907. The number of hydrogen-bond donors (Lipinski definition) is 1. The summed E-state index contributed by atoms with van der Waals surface area (Å²) in [6.07, 6.45) is 1.81. The van der Waals surface area contributed by atoms with Crippen molar-refractivity contribution < 1.29 is 14.6 Å². The van der Waals surface area contributed by atoms with Gasteiger partial charge in [-0.05, 0) is 18.6 Å². The fourth-order valence-corrected chi connectivity index (χ4v) is 2.99. The molecule has 0 fully saturated rings. The van der Waals surface area contributed by atoms with Crippen LogP contribution in [0.25, 0.3) is 11.4 Å². The third-order valence-electron chi connectivity index (χ3n) is 4.11. The second-order valence-electron chi connectivity index (χ2n) is 5.47. The molecule has 110 valence electrons. The fraction of sp³-hybridized carbons (Fsp3) is 0.467. The van der Waals surface area contributed by atoms with Crippen LogP contribution in [0.15, 0.2) is 18.2 Å². The van der Waals surface area contributed by atoms with E-state index in [1.54, 1.807) is 0 Å². The Labute approximate surface area is 122 Å². The Morgan fingerprint density at radius 2 is 2.14 bits per heavy atom. The molecule has 2 aromatic rings. The maximum atomic E-state index is 9.41. The Morgan fingerprint density at radius 1 is 1.24 bits per heavy atom. The lowest BCUT2D eigenvalue weighted by Gasteiger charge is -2.24. The molecule has 6 heteroatoms. The van der Waals surface area contributed by atoms with Crippen molar-refractivity contribution in [2.45, 2.75) is 19.4 Å². The van der Waals surface area contributed by atoms with Crippen LogP contribution < -0.4 is 9.47 Å². The number of hydrogen-bond acceptors (Lipinski definition) is 5. The molecule has 0 saturated heterocycles. The topological polar surface area (TPSA) is 69.4 Å². The summed E-state index contributed by atoms with van der Waals surface area (Å²) in [6, 6.07) is 5.83. The number of ether oxygens (including phenoxy) is 2. The van der Waals surface area contributed by atoms with Crippen LogP contribution >= 0.6 is 0 Å². The van der Waals surface area contributed by atoms with Gasteiger partial charge in [-0.1, -0.05) is 6.07 Å². The predicted molar refractivity (Wildman–Crippen MR) is 75.3 cm³/mol. The van der Waals surface area contributed by atoms with Gasteiger partial charge >= 0.3 is 0 Å². The molecule has 0 aliphatic carbocycles. The van der Waals surface area contributed by atoms with E-state index in [9.17, 15) is 5.11 Å². The smallest absolute Gasteiger partial charge is 0.172 e. The quantitative estimate of drug-likeness (QED) is 0.901. The van der Waals surface area contributed by atoms with E-state index in [1.165, 1.54) is 0 Å². The van der Waals surface area contributed by atoms with E-state index in [0.29, 0.717) is 13.2 Å². The highest BCUT2D eigenvalue weighted by Gasteiger charge is 2.26. The molecule has 0 radical (unpaired) electrons. The molecular formula is C15H17N3O3. The molecule has 2 aliphatic rings. The van der Waals surface area contributed by atoms with Gasteiger partial charge in [0.25, 0.3) is 0 Å². The summed E-state index contributed by atoms with van der Waals surface area (Å²) in [5.74, 6) is 3.54. The standard InChI is InChI=1S/C15H17N3O3/c19-9-10-4-5-13-16-17-15(18(13)8-10)11-2-1-3-12-14(11)21-7-6-20-12/h1-3,10,19H,4-9H2. The first-order valence-corrected chi connectivity index (χ1v) is 7.28. The molecule has 21 heavy (non-hydrogen) atoms. The number of rotatable bonds is 2. The van der Waals surface area contributed by atoms with Gasteiger partial charge in [0, 0.05) is 25.5 Å². The third-order valence-corrected chi connectivity index (χ3v) is 4.11. The van der Waals surface area contributed by atoms with E-state index in [1.807, 2.05) is 18.2 Å².